The summed E-state index contributed by atoms with van der Waals surface area (Å²) in [4.78, 5) is 5.01. The summed E-state index contributed by atoms with van der Waals surface area (Å²) in [5.41, 5.74) is 0. The van der Waals surface area contributed by atoms with Gasteiger partial charge in [0.15, 0.2) is 0 Å². The fourth-order valence-corrected chi connectivity index (χ4v) is 3.39. The van der Waals surface area contributed by atoms with E-state index in [0.29, 0.717) is 0 Å². The van der Waals surface area contributed by atoms with Crippen LogP contribution in [0.3, 0.4) is 0 Å². The SMILES string of the molecule is CN1CCC(N(C)CCNCC2CCCC2)CC1. The second kappa shape index (κ2) is 7.46. The molecule has 1 saturated heterocycles. The Kier molecular flexibility index (Phi) is 5.93. The van der Waals surface area contributed by atoms with Crippen molar-refractivity contribution >= 4 is 0 Å². The molecule has 1 saturated carbocycles. The molecule has 1 heterocycles. The molecule has 0 bridgehead atoms. The normalized spacial score (nSPS) is 24.2. The van der Waals surface area contributed by atoms with E-state index in [2.05, 4.69) is 29.2 Å². The maximum absolute atomic E-state index is 3.65. The molecule has 18 heavy (non-hydrogen) atoms. The number of likely N-dealkylation sites (N-methyl/N-ethyl adjacent to an activating group) is 1. The summed E-state index contributed by atoms with van der Waals surface area (Å²) in [6.07, 6.45) is 8.52. The number of likely N-dealkylation sites (tertiary alicyclic amines) is 1. The van der Waals surface area contributed by atoms with Crippen molar-refractivity contribution in [1.82, 2.24) is 15.1 Å². The average Bonchev–Trinajstić information content (AvgIpc) is 2.88. The standard InChI is InChI=1S/C15H31N3/c1-17-10-7-15(8-11-17)18(2)12-9-16-13-14-5-3-4-6-14/h14-16H,3-13H2,1-2H3. The summed E-state index contributed by atoms with van der Waals surface area (Å²) in [6.45, 7) is 6.16. The average molecular weight is 253 g/mol. The van der Waals surface area contributed by atoms with Gasteiger partial charge in [0.2, 0.25) is 0 Å². The van der Waals surface area contributed by atoms with Gasteiger partial charge >= 0.3 is 0 Å². The monoisotopic (exact) mass is 253 g/mol. The third-order valence-corrected chi connectivity index (χ3v) is 4.86. The lowest BCUT2D eigenvalue weighted by Gasteiger charge is -2.35. The molecule has 1 aliphatic heterocycles. The minimum atomic E-state index is 0.814. The van der Waals surface area contributed by atoms with Gasteiger partial charge in [-0.05, 0) is 65.3 Å². The van der Waals surface area contributed by atoms with Crippen LogP contribution in [0, 0.1) is 5.92 Å². The summed E-state index contributed by atoms with van der Waals surface area (Å²) in [5, 5.41) is 3.65. The molecule has 0 aromatic heterocycles. The van der Waals surface area contributed by atoms with Crippen LogP contribution in [0.1, 0.15) is 38.5 Å². The molecule has 1 N–H and O–H groups in total. The molecule has 0 aromatic carbocycles. The van der Waals surface area contributed by atoms with E-state index >= 15 is 0 Å². The first-order valence-electron chi connectivity index (χ1n) is 7.85. The van der Waals surface area contributed by atoms with Gasteiger partial charge in [0.25, 0.3) is 0 Å². The number of nitrogens with one attached hydrogen (secondary N) is 1. The third kappa shape index (κ3) is 4.52. The summed E-state index contributed by atoms with van der Waals surface area (Å²) >= 11 is 0. The molecule has 3 nitrogen and oxygen atoms in total. The van der Waals surface area contributed by atoms with Crippen LogP contribution in [0.2, 0.25) is 0 Å². The molecule has 0 amide bonds. The van der Waals surface area contributed by atoms with Crippen molar-refractivity contribution < 1.29 is 0 Å². The fourth-order valence-electron chi connectivity index (χ4n) is 3.39. The van der Waals surface area contributed by atoms with E-state index in [9.17, 15) is 0 Å². The quantitative estimate of drug-likeness (QED) is 0.728. The van der Waals surface area contributed by atoms with Crippen LogP contribution in [0.25, 0.3) is 0 Å². The van der Waals surface area contributed by atoms with Gasteiger partial charge in [-0.25, -0.2) is 0 Å². The van der Waals surface area contributed by atoms with Crippen molar-refractivity contribution in [2.45, 2.75) is 44.6 Å². The van der Waals surface area contributed by atoms with E-state index in [1.807, 2.05) is 0 Å². The van der Waals surface area contributed by atoms with Gasteiger partial charge in [0.1, 0.15) is 0 Å². The molecule has 0 spiro atoms. The Labute approximate surface area is 113 Å². The lowest BCUT2D eigenvalue weighted by atomic mass is 10.0. The molecule has 2 aliphatic rings. The fraction of sp³-hybridized carbons (Fsp3) is 1.00. The van der Waals surface area contributed by atoms with Crippen LogP contribution in [0.5, 0.6) is 0 Å². The van der Waals surface area contributed by atoms with Gasteiger partial charge in [-0.15, -0.1) is 0 Å². The number of rotatable bonds is 6. The second-order valence-electron chi connectivity index (χ2n) is 6.37. The van der Waals surface area contributed by atoms with Crippen molar-refractivity contribution in [3.63, 3.8) is 0 Å². The molecular weight excluding hydrogens is 222 g/mol. The molecule has 0 atom stereocenters. The molecule has 0 radical (unpaired) electrons. The highest BCUT2D eigenvalue weighted by molar-refractivity contribution is 4.77. The largest absolute Gasteiger partial charge is 0.315 e. The number of piperidine rings is 1. The van der Waals surface area contributed by atoms with Crippen molar-refractivity contribution in [2.24, 2.45) is 5.92 Å². The van der Waals surface area contributed by atoms with Gasteiger partial charge in [0, 0.05) is 19.1 Å². The molecule has 0 aromatic rings. The first-order valence-corrected chi connectivity index (χ1v) is 7.85. The summed E-state index contributed by atoms with van der Waals surface area (Å²) < 4.78 is 0. The van der Waals surface area contributed by atoms with E-state index in [1.54, 1.807) is 0 Å². The first-order chi connectivity index (χ1) is 8.75. The minimum Gasteiger partial charge on any atom is -0.315 e. The van der Waals surface area contributed by atoms with Gasteiger partial charge < -0.3 is 15.1 Å². The predicted molar refractivity (Wildman–Crippen MR) is 78.0 cm³/mol. The van der Waals surface area contributed by atoms with Crippen molar-refractivity contribution in [1.29, 1.82) is 0 Å². The number of hydrogen-bond donors (Lipinski definition) is 1. The van der Waals surface area contributed by atoms with Crippen molar-refractivity contribution in [3.05, 3.63) is 0 Å². The first kappa shape index (κ1) is 14.3. The van der Waals surface area contributed by atoms with Gasteiger partial charge in [-0.1, -0.05) is 12.8 Å². The lowest BCUT2D eigenvalue weighted by molar-refractivity contribution is 0.144. The Bertz CT molecular complexity index is 218. The van der Waals surface area contributed by atoms with Crippen LogP contribution in [-0.2, 0) is 0 Å². The highest BCUT2D eigenvalue weighted by atomic mass is 15.2. The molecule has 1 aliphatic carbocycles. The number of nitrogens with zero attached hydrogens (tertiary/aromatic N) is 2. The Morgan fingerprint density at radius 3 is 2.44 bits per heavy atom. The van der Waals surface area contributed by atoms with Crippen LogP contribution in [0.15, 0.2) is 0 Å². The zero-order chi connectivity index (χ0) is 12.8. The Morgan fingerprint density at radius 1 is 1.11 bits per heavy atom. The summed E-state index contributed by atoms with van der Waals surface area (Å²) in [5.74, 6) is 0.971. The Morgan fingerprint density at radius 2 is 1.78 bits per heavy atom. The zero-order valence-electron chi connectivity index (χ0n) is 12.3. The molecule has 0 unspecified atom stereocenters. The molecular formula is C15H31N3. The Hall–Kier alpha value is -0.120. The minimum absolute atomic E-state index is 0.814. The van der Waals surface area contributed by atoms with E-state index < -0.39 is 0 Å². The maximum atomic E-state index is 3.65. The predicted octanol–water partition coefficient (Wildman–Crippen LogP) is 1.79. The molecule has 3 heteroatoms. The maximum Gasteiger partial charge on any atom is 0.0117 e. The highest BCUT2D eigenvalue weighted by Gasteiger charge is 2.20. The van der Waals surface area contributed by atoms with Crippen LogP contribution >= 0.6 is 0 Å². The summed E-state index contributed by atoms with van der Waals surface area (Å²) in [6, 6.07) is 0.814. The summed E-state index contributed by atoms with van der Waals surface area (Å²) in [7, 11) is 4.53. The van der Waals surface area contributed by atoms with E-state index in [1.165, 1.54) is 71.2 Å². The number of hydrogen-bond acceptors (Lipinski definition) is 3. The van der Waals surface area contributed by atoms with Gasteiger partial charge in [-0.2, -0.15) is 0 Å². The molecule has 106 valence electrons. The van der Waals surface area contributed by atoms with Crippen molar-refractivity contribution in [3.8, 4) is 0 Å². The van der Waals surface area contributed by atoms with Gasteiger partial charge in [0.05, 0.1) is 0 Å². The van der Waals surface area contributed by atoms with Crippen LogP contribution < -0.4 is 5.32 Å². The van der Waals surface area contributed by atoms with E-state index in [-0.39, 0.29) is 0 Å². The van der Waals surface area contributed by atoms with Crippen LogP contribution in [0.4, 0.5) is 0 Å². The van der Waals surface area contributed by atoms with E-state index in [0.717, 1.165) is 12.0 Å². The second-order valence-corrected chi connectivity index (χ2v) is 6.37. The lowest BCUT2D eigenvalue weighted by Crippen LogP contribution is -2.44. The highest BCUT2D eigenvalue weighted by Crippen LogP contribution is 2.23. The third-order valence-electron chi connectivity index (χ3n) is 4.86. The van der Waals surface area contributed by atoms with Gasteiger partial charge in [-0.3, -0.25) is 0 Å². The van der Waals surface area contributed by atoms with Crippen molar-refractivity contribution in [2.75, 3.05) is 46.8 Å². The Balaban J connectivity index is 1.52. The smallest absolute Gasteiger partial charge is 0.0117 e. The zero-order valence-corrected chi connectivity index (χ0v) is 12.3. The molecule has 2 fully saturated rings. The topological polar surface area (TPSA) is 18.5 Å². The van der Waals surface area contributed by atoms with E-state index in [4.69, 9.17) is 0 Å². The van der Waals surface area contributed by atoms with Crippen LogP contribution in [-0.4, -0.2) is 62.7 Å². The molecule has 2 rings (SSSR count).